The van der Waals surface area contributed by atoms with Crippen LogP contribution in [0.3, 0.4) is 0 Å². The van der Waals surface area contributed by atoms with E-state index in [4.69, 9.17) is 0 Å². The van der Waals surface area contributed by atoms with E-state index in [0.717, 1.165) is 0 Å². The van der Waals surface area contributed by atoms with Crippen LogP contribution in [-0.2, 0) is 4.79 Å². The molecule has 70 valence electrons. The average Bonchev–Trinajstić information content (AvgIpc) is 1.98. The number of piperidine rings is 1. The van der Waals surface area contributed by atoms with Gasteiger partial charge >= 0.3 is 0 Å². The molecule has 5 heteroatoms. The molecule has 1 rings (SSSR count). The molecule has 0 spiro atoms. The van der Waals surface area contributed by atoms with Crippen LogP contribution >= 0.6 is 0 Å². The van der Waals surface area contributed by atoms with Crippen molar-refractivity contribution in [2.45, 2.75) is 25.2 Å². The van der Waals surface area contributed by atoms with Crippen molar-refractivity contribution in [3.63, 3.8) is 0 Å². The van der Waals surface area contributed by atoms with E-state index in [1.54, 1.807) is 0 Å². The second-order valence-electron chi connectivity index (χ2n) is 3.02. The maximum absolute atomic E-state index is 10.6. The zero-order valence-corrected chi connectivity index (χ0v) is 6.95. The van der Waals surface area contributed by atoms with Gasteiger partial charge in [0.25, 0.3) is 0 Å². The number of aliphatic hydroxyl groups is 2. The number of aliphatic hydroxyl groups excluding tert-OH is 2. The van der Waals surface area contributed by atoms with Crippen LogP contribution in [0.2, 0.25) is 0 Å². The molecule has 1 heterocycles. The molecule has 0 bridgehead atoms. The minimum Gasteiger partial charge on any atom is -0.389 e. The van der Waals surface area contributed by atoms with Gasteiger partial charge in [-0.3, -0.25) is 4.79 Å². The van der Waals surface area contributed by atoms with Crippen molar-refractivity contribution in [1.29, 1.82) is 0 Å². The normalized spacial score (nSPS) is 36.1. The molecule has 12 heavy (non-hydrogen) atoms. The van der Waals surface area contributed by atoms with Gasteiger partial charge < -0.3 is 20.8 Å². The number of β-amino-alcohol motifs (C(OH)–C–C–N with tert-alkyl or cyclic N) is 1. The molecule has 0 aliphatic carbocycles. The fourth-order valence-corrected chi connectivity index (χ4v) is 1.29. The Hall–Kier alpha value is -0.650. The van der Waals surface area contributed by atoms with Gasteiger partial charge in [0.2, 0.25) is 5.91 Å². The highest BCUT2D eigenvalue weighted by molar-refractivity contribution is 5.73. The molecule has 0 saturated carbocycles. The van der Waals surface area contributed by atoms with E-state index in [-0.39, 0.29) is 11.9 Å². The highest BCUT2D eigenvalue weighted by Crippen LogP contribution is 2.03. The Kier molecular flexibility index (Phi) is 3.02. The highest BCUT2D eigenvalue weighted by Gasteiger charge is 2.30. The molecular weight excluding hydrogens is 160 g/mol. The highest BCUT2D eigenvalue weighted by atomic mass is 16.3. The summed E-state index contributed by atoms with van der Waals surface area (Å²) < 4.78 is 0. The molecule has 4 N–H and O–H groups in total. The van der Waals surface area contributed by atoms with Gasteiger partial charge in [-0.15, -0.1) is 0 Å². The molecule has 0 aromatic heterocycles. The van der Waals surface area contributed by atoms with Gasteiger partial charge in [0, 0.05) is 20.0 Å². The SMILES string of the molecule is CC(=O)N[C@H]1CNC[C@H](O)[C@@H]1O. The van der Waals surface area contributed by atoms with Crippen LogP contribution in [0.5, 0.6) is 0 Å². The van der Waals surface area contributed by atoms with Gasteiger partial charge in [0.05, 0.1) is 12.1 Å². The summed E-state index contributed by atoms with van der Waals surface area (Å²) in [6, 6.07) is -0.383. The minimum atomic E-state index is -0.866. The summed E-state index contributed by atoms with van der Waals surface area (Å²) in [6.07, 6.45) is -1.66. The third-order valence-corrected chi connectivity index (χ3v) is 1.91. The maximum atomic E-state index is 10.6. The third kappa shape index (κ3) is 2.17. The van der Waals surface area contributed by atoms with Crippen molar-refractivity contribution in [2.75, 3.05) is 13.1 Å². The third-order valence-electron chi connectivity index (χ3n) is 1.91. The molecule has 0 radical (unpaired) electrons. The summed E-state index contributed by atoms with van der Waals surface area (Å²) in [6.45, 7) is 2.25. The lowest BCUT2D eigenvalue weighted by molar-refractivity contribution is -0.121. The Bertz CT molecular complexity index is 174. The van der Waals surface area contributed by atoms with E-state index in [0.29, 0.717) is 13.1 Å². The molecule has 0 aromatic rings. The largest absolute Gasteiger partial charge is 0.389 e. The monoisotopic (exact) mass is 174 g/mol. The van der Waals surface area contributed by atoms with Crippen LogP contribution < -0.4 is 10.6 Å². The van der Waals surface area contributed by atoms with E-state index >= 15 is 0 Å². The summed E-state index contributed by atoms with van der Waals surface area (Å²) in [7, 11) is 0. The minimum absolute atomic E-state index is 0.199. The van der Waals surface area contributed by atoms with Crippen molar-refractivity contribution in [1.82, 2.24) is 10.6 Å². The lowest BCUT2D eigenvalue weighted by atomic mass is 10.0. The van der Waals surface area contributed by atoms with Crippen LogP contribution in [0.15, 0.2) is 0 Å². The van der Waals surface area contributed by atoms with Crippen molar-refractivity contribution < 1.29 is 15.0 Å². The van der Waals surface area contributed by atoms with E-state index in [1.807, 2.05) is 0 Å². The smallest absolute Gasteiger partial charge is 0.217 e. The molecule has 1 fully saturated rings. The number of hydrogen-bond acceptors (Lipinski definition) is 4. The maximum Gasteiger partial charge on any atom is 0.217 e. The number of carbonyl (C=O) groups excluding carboxylic acids is 1. The van der Waals surface area contributed by atoms with Crippen molar-refractivity contribution >= 4 is 5.91 Å². The quantitative estimate of drug-likeness (QED) is 0.364. The van der Waals surface area contributed by atoms with E-state index in [1.165, 1.54) is 6.92 Å². The first kappa shape index (κ1) is 9.44. The summed E-state index contributed by atoms with van der Waals surface area (Å²) in [5, 5.41) is 24.0. The molecule has 1 amide bonds. The van der Waals surface area contributed by atoms with Crippen molar-refractivity contribution in [3.05, 3.63) is 0 Å². The van der Waals surface area contributed by atoms with Crippen LogP contribution in [0.25, 0.3) is 0 Å². The number of nitrogens with one attached hydrogen (secondary N) is 2. The zero-order valence-electron chi connectivity index (χ0n) is 6.95. The van der Waals surface area contributed by atoms with Gasteiger partial charge in [0.1, 0.15) is 6.10 Å². The Morgan fingerprint density at radius 1 is 1.50 bits per heavy atom. The van der Waals surface area contributed by atoms with Crippen molar-refractivity contribution in [2.24, 2.45) is 0 Å². The Labute approximate surface area is 70.8 Å². The van der Waals surface area contributed by atoms with Crippen molar-refractivity contribution in [3.8, 4) is 0 Å². The summed E-state index contributed by atoms with van der Waals surface area (Å²) in [5.41, 5.74) is 0. The summed E-state index contributed by atoms with van der Waals surface area (Å²) >= 11 is 0. The molecule has 5 nitrogen and oxygen atoms in total. The van der Waals surface area contributed by atoms with Crippen LogP contribution in [-0.4, -0.2) is 47.5 Å². The van der Waals surface area contributed by atoms with E-state index in [9.17, 15) is 15.0 Å². The Morgan fingerprint density at radius 3 is 2.75 bits per heavy atom. The Morgan fingerprint density at radius 2 is 2.17 bits per heavy atom. The fraction of sp³-hybridized carbons (Fsp3) is 0.857. The summed E-state index contributed by atoms with van der Waals surface area (Å²) in [5.74, 6) is -0.199. The van der Waals surface area contributed by atoms with E-state index in [2.05, 4.69) is 10.6 Å². The molecule has 0 unspecified atom stereocenters. The standard InChI is InChI=1S/C7H14N2O3/c1-4(10)9-5-2-8-3-6(11)7(5)12/h5-8,11-12H,2-3H2,1H3,(H,9,10)/t5-,6-,7+/m0/s1. The Balaban J connectivity index is 2.46. The van der Waals surface area contributed by atoms with Crippen LogP contribution in [0, 0.1) is 0 Å². The first-order valence-corrected chi connectivity index (χ1v) is 3.95. The topological polar surface area (TPSA) is 81.6 Å². The molecular formula is C7H14N2O3. The summed E-state index contributed by atoms with van der Waals surface area (Å²) in [4.78, 5) is 10.6. The predicted octanol–water partition coefficient (Wildman–Crippen LogP) is -2.18. The molecule has 0 aromatic carbocycles. The first-order chi connectivity index (χ1) is 5.61. The average molecular weight is 174 g/mol. The number of hydrogen-bond donors (Lipinski definition) is 4. The zero-order chi connectivity index (χ0) is 9.14. The number of rotatable bonds is 1. The lowest BCUT2D eigenvalue weighted by Gasteiger charge is -2.32. The molecule has 1 saturated heterocycles. The molecule has 1 aliphatic heterocycles. The van der Waals surface area contributed by atoms with Crippen LogP contribution in [0.1, 0.15) is 6.92 Å². The van der Waals surface area contributed by atoms with Gasteiger partial charge in [-0.1, -0.05) is 0 Å². The van der Waals surface area contributed by atoms with Crippen LogP contribution in [0.4, 0.5) is 0 Å². The second-order valence-corrected chi connectivity index (χ2v) is 3.02. The molecule has 3 atom stereocenters. The van der Waals surface area contributed by atoms with E-state index < -0.39 is 12.2 Å². The first-order valence-electron chi connectivity index (χ1n) is 3.95. The fourth-order valence-electron chi connectivity index (χ4n) is 1.29. The number of carbonyl (C=O) groups is 1. The molecule has 1 aliphatic rings. The van der Waals surface area contributed by atoms with Gasteiger partial charge in [-0.25, -0.2) is 0 Å². The van der Waals surface area contributed by atoms with Gasteiger partial charge in [-0.2, -0.15) is 0 Å². The van der Waals surface area contributed by atoms with Gasteiger partial charge in [0.15, 0.2) is 0 Å². The van der Waals surface area contributed by atoms with Gasteiger partial charge in [-0.05, 0) is 0 Å². The lowest BCUT2D eigenvalue weighted by Crippen LogP contribution is -2.59. The number of amides is 1. The second kappa shape index (κ2) is 3.84. The predicted molar refractivity (Wildman–Crippen MR) is 42.5 cm³/mol.